The van der Waals surface area contributed by atoms with Gasteiger partial charge >= 0.3 is 0 Å². The van der Waals surface area contributed by atoms with Crippen molar-refractivity contribution in [3.05, 3.63) is 78.1 Å². The molecular formula is C23H25FN2O3S. The molecule has 1 N–H and O–H groups in total. The van der Waals surface area contributed by atoms with Gasteiger partial charge in [0.2, 0.25) is 15.9 Å². The Balaban J connectivity index is 1.62. The van der Waals surface area contributed by atoms with Crippen LogP contribution < -0.4 is 9.62 Å². The molecule has 0 fully saturated rings. The third-order valence-electron chi connectivity index (χ3n) is 4.88. The van der Waals surface area contributed by atoms with Crippen molar-refractivity contribution in [2.45, 2.75) is 13.3 Å². The molecule has 1 amide bonds. The van der Waals surface area contributed by atoms with Gasteiger partial charge in [-0.2, -0.15) is 0 Å². The van der Waals surface area contributed by atoms with Crippen molar-refractivity contribution in [2.24, 2.45) is 5.92 Å². The third kappa shape index (κ3) is 5.57. The Kier molecular flexibility index (Phi) is 6.72. The maximum Gasteiger partial charge on any atom is 0.240 e. The zero-order valence-corrected chi connectivity index (χ0v) is 17.8. The minimum atomic E-state index is -3.74. The number of carbonyl (C=O) groups is 1. The summed E-state index contributed by atoms with van der Waals surface area (Å²) >= 11 is 0. The Morgan fingerprint density at radius 1 is 1.07 bits per heavy atom. The summed E-state index contributed by atoms with van der Waals surface area (Å²) in [5.74, 6) is -0.847. The number of sulfonamides is 1. The molecule has 5 nitrogen and oxygen atoms in total. The number of rotatable bonds is 8. The van der Waals surface area contributed by atoms with Gasteiger partial charge in [0.15, 0.2) is 0 Å². The fraction of sp³-hybridized carbons (Fsp3) is 0.261. The van der Waals surface area contributed by atoms with Gasteiger partial charge in [0.25, 0.3) is 0 Å². The second-order valence-corrected chi connectivity index (χ2v) is 9.41. The average molecular weight is 429 g/mol. The number of carbonyl (C=O) groups excluding carboxylic acids is 1. The van der Waals surface area contributed by atoms with E-state index in [0.717, 1.165) is 23.0 Å². The van der Waals surface area contributed by atoms with Crippen molar-refractivity contribution in [1.82, 2.24) is 5.32 Å². The highest BCUT2D eigenvalue weighted by molar-refractivity contribution is 7.92. The van der Waals surface area contributed by atoms with E-state index < -0.39 is 28.3 Å². The fourth-order valence-electron chi connectivity index (χ4n) is 3.42. The molecule has 3 aromatic carbocycles. The topological polar surface area (TPSA) is 66.5 Å². The Morgan fingerprint density at radius 2 is 1.77 bits per heavy atom. The van der Waals surface area contributed by atoms with E-state index in [1.54, 1.807) is 0 Å². The number of amides is 1. The predicted molar refractivity (Wildman–Crippen MR) is 118 cm³/mol. The second-order valence-electron chi connectivity index (χ2n) is 7.50. The first-order chi connectivity index (χ1) is 14.2. The molecule has 30 heavy (non-hydrogen) atoms. The normalized spacial score (nSPS) is 12.5. The van der Waals surface area contributed by atoms with Crippen molar-refractivity contribution >= 4 is 32.4 Å². The van der Waals surface area contributed by atoms with E-state index in [1.165, 1.54) is 34.5 Å². The Hall–Kier alpha value is -2.93. The maximum absolute atomic E-state index is 13.5. The molecule has 1 unspecified atom stereocenters. The van der Waals surface area contributed by atoms with Gasteiger partial charge in [-0.3, -0.25) is 9.10 Å². The van der Waals surface area contributed by atoms with Gasteiger partial charge in [0.1, 0.15) is 12.4 Å². The average Bonchev–Trinajstić information content (AvgIpc) is 2.70. The van der Waals surface area contributed by atoms with Crippen LogP contribution in [-0.4, -0.2) is 33.7 Å². The molecule has 0 aliphatic carbocycles. The lowest BCUT2D eigenvalue weighted by molar-refractivity contribution is -0.119. The first kappa shape index (κ1) is 21.8. The lowest BCUT2D eigenvalue weighted by atomic mass is 9.96. The van der Waals surface area contributed by atoms with Crippen molar-refractivity contribution in [3.63, 3.8) is 0 Å². The lowest BCUT2D eigenvalue weighted by Gasteiger charge is -2.22. The summed E-state index contributed by atoms with van der Waals surface area (Å²) in [6.07, 6.45) is 1.77. The molecule has 1 atom stereocenters. The summed E-state index contributed by atoms with van der Waals surface area (Å²) in [5.41, 5.74) is 1.32. The van der Waals surface area contributed by atoms with Crippen LogP contribution in [0.3, 0.4) is 0 Å². The molecule has 0 bridgehead atoms. The van der Waals surface area contributed by atoms with Crippen LogP contribution in [-0.2, 0) is 21.2 Å². The summed E-state index contributed by atoms with van der Waals surface area (Å²) in [6.45, 7) is 2.04. The first-order valence-electron chi connectivity index (χ1n) is 9.70. The number of anilines is 1. The van der Waals surface area contributed by atoms with Gasteiger partial charge in [0, 0.05) is 6.54 Å². The van der Waals surface area contributed by atoms with E-state index in [1.807, 2.05) is 25.1 Å². The zero-order chi connectivity index (χ0) is 21.7. The number of halogens is 1. The van der Waals surface area contributed by atoms with E-state index in [2.05, 4.69) is 29.6 Å². The largest absolute Gasteiger partial charge is 0.354 e. The minimum Gasteiger partial charge on any atom is -0.354 e. The van der Waals surface area contributed by atoms with E-state index in [9.17, 15) is 17.6 Å². The number of nitrogens with one attached hydrogen (secondary N) is 1. The number of fused-ring (bicyclic) bond motifs is 1. The molecule has 0 aromatic heterocycles. The number of hydrogen-bond donors (Lipinski definition) is 1. The van der Waals surface area contributed by atoms with Crippen LogP contribution in [0.5, 0.6) is 0 Å². The third-order valence-corrected chi connectivity index (χ3v) is 6.02. The van der Waals surface area contributed by atoms with Gasteiger partial charge in [-0.25, -0.2) is 12.8 Å². The van der Waals surface area contributed by atoms with Gasteiger partial charge in [0.05, 0.1) is 11.9 Å². The Morgan fingerprint density at radius 3 is 2.50 bits per heavy atom. The number of benzene rings is 3. The van der Waals surface area contributed by atoms with Crippen LogP contribution >= 0.6 is 0 Å². The summed E-state index contributed by atoms with van der Waals surface area (Å²) in [5, 5.41) is 5.16. The first-order valence-corrected chi connectivity index (χ1v) is 11.6. The van der Waals surface area contributed by atoms with Crippen molar-refractivity contribution in [1.29, 1.82) is 0 Å². The van der Waals surface area contributed by atoms with Crippen LogP contribution in [0.4, 0.5) is 10.1 Å². The molecule has 0 aliphatic heterocycles. The van der Waals surface area contributed by atoms with Crippen molar-refractivity contribution in [2.75, 3.05) is 23.7 Å². The number of hydrogen-bond acceptors (Lipinski definition) is 3. The quantitative estimate of drug-likeness (QED) is 0.594. The zero-order valence-electron chi connectivity index (χ0n) is 17.0. The van der Waals surface area contributed by atoms with E-state index in [-0.39, 0.29) is 11.6 Å². The van der Waals surface area contributed by atoms with Crippen LogP contribution in [0.2, 0.25) is 0 Å². The highest BCUT2D eigenvalue weighted by Crippen LogP contribution is 2.21. The molecular weight excluding hydrogens is 403 g/mol. The molecule has 3 aromatic rings. The lowest BCUT2D eigenvalue weighted by Crippen LogP contribution is -2.41. The van der Waals surface area contributed by atoms with Gasteiger partial charge in [-0.05, 0) is 46.9 Å². The van der Waals surface area contributed by atoms with Crippen molar-refractivity contribution < 1.29 is 17.6 Å². The van der Waals surface area contributed by atoms with Crippen LogP contribution in [0.1, 0.15) is 12.5 Å². The fourth-order valence-corrected chi connectivity index (χ4v) is 4.27. The highest BCUT2D eigenvalue weighted by Gasteiger charge is 2.21. The summed E-state index contributed by atoms with van der Waals surface area (Å²) < 4.78 is 38.6. The predicted octanol–water partition coefficient (Wildman–Crippen LogP) is 3.74. The van der Waals surface area contributed by atoms with Crippen molar-refractivity contribution in [3.8, 4) is 0 Å². The minimum absolute atomic E-state index is 0.122. The molecule has 0 saturated carbocycles. The monoisotopic (exact) mass is 428 g/mol. The second kappa shape index (κ2) is 9.26. The van der Waals surface area contributed by atoms with Crippen LogP contribution in [0, 0.1) is 11.7 Å². The van der Waals surface area contributed by atoms with E-state index >= 15 is 0 Å². The molecule has 0 aliphatic rings. The highest BCUT2D eigenvalue weighted by atomic mass is 32.2. The number of nitrogens with zero attached hydrogens (tertiary/aromatic N) is 1. The molecule has 3 rings (SSSR count). The molecule has 0 spiro atoms. The van der Waals surface area contributed by atoms with Crippen LogP contribution in [0.25, 0.3) is 10.8 Å². The van der Waals surface area contributed by atoms with Gasteiger partial charge in [-0.15, -0.1) is 0 Å². The molecule has 7 heteroatoms. The molecule has 0 saturated heterocycles. The summed E-state index contributed by atoms with van der Waals surface area (Å²) in [4.78, 5) is 12.4. The summed E-state index contributed by atoms with van der Waals surface area (Å²) in [7, 11) is -3.74. The molecule has 0 heterocycles. The Labute approximate surface area is 176 Å². The summed E-state index contributed by atoms with van der Waals surface area (Å²) in [6, 6.07) is 19.5. The SMILES string of the molecule is CC(CNC(=O)CN(c1cccc(F)c1)S(C)(=O)=O)Cc1cccc2ccccc12. The smallest absolute Gasteiger partial charge is 0.240 e. The molecule has 0 radical (unpaired) electrons. The molecule has 158 valence electrons. The Bertz CT molecular complexity index is 1140. The maximum atomic E-state index is 13.5. The van der Waals surface area contributed by atoms with E-state index in [4.69, 9.17) is 0 Å². The van der Waals surface area contributed by atoms with Gasteiger partial charge < -0.3 is 5.32 Å². The van der Waals surface area contributed by atoms with Crippen LogP contribution in [0.15, 0.2) is 66.7 Å². The standard InChI is InChI=1S/C23H25FN2O3S/c1-17(13-19-9-5-8-18-7-3-4-12-22(18)19)15-25-23(27)16-26(30(2,28)29)21-11-6-10-20(24)14-21/h3-12,14,17H,13,15-16H2,1-2H3,(H,25,27). The van der Waals surface area contributed by atoms with Gasteiger partial charge in [-0.1, -0.05) is 55.5 Å². The van der Waals surface area contributed by atoms with E-state index in [0.29, 0.717) is 6.54 Å².